The molecule has 0 radical (unpaired) electrons. The minimum atomic E-state index is -0.664. The summed E-state index contributed by atoms with van der Waals surface area (Å²) < 4.78 is 6.91. The van der Waals surface area contributed by atoms with Crippen LogP contribution in [0.3, 0.4) is 0 Å². The fourth-order valence-corrected chi connectivity index (χ4v) is 1.68. The van der Waals surface area contributed by atoms with Crippen molar-refractivity contribution in [3.63, 3.8) is 0 Å². The number of ether oxygens (including phenoxy) is 1. The molecule has 1 aromatic rings. The summed E-state index contributed by atoms with van der Waals surface area (Å²) in [5.41, 5.74) is 0.402. The van der Waals surface area contributed by atoms with Gasteiger partial charge in [-0.25, -0.2) is 0 Å². The van der Waals surface area contributed by atoms with Gasteiger partial charge in [0.15, 0.2) is 0 Å². The zero-order chi connectivity index (χ0) is 9.31. The van der Waals surface area contributed by atoms with E-state index in [1.54, 1.807) is 10.9 Å². The SMILES string of the molecule is Cn1cc(CC2(O)CCOC2)cn1. The topological polar surface area (TPSA) is 47.3 Å². The minimum Gasteiger partial charge on any atom is -0.387 e. The van der Waals surface area contributed by atoms with Gasteiger partial charge in [0, 0.05) is 32.7 Å². The summed E-state index contributed by atoms with van der Waals surface area (Å²) in [5.74, 6) is 0. The van der Waals surface area contributed by atoms with Crippen LogP contribution in [-0.2, 0) is 18.2 Å². The van der Waals surface area contributed by atoms with Crippen LogP contribution in [0.15, 0.2) is 12.4 Å². The molecule has 2 heterocycles. The number of nitrogens with zero attached hydrogens (tertiary/aromatic N) is 2. The third-order valence-corrected chi connectivity index (χ3v) is 2.37. The van der Waals surface area contributed by atoms with Gasteiger partial charge in [-0.05, 0) is 5.56 Å². The number of aromatic nitrogens is 2. The summed E-state index contributed by atoms with van der Waals surface area (Å²) in [5, 5.41) is 14.0. The summed E-state index contributed by atoms with van der Waals surface area (Å²) in [6, 6.07) is 0. The van der Waals surface area contributed by atoms with Gasteiger partial charge in [0.2, 0.25) is 0 Å². The molecule has 0 saturated carbocycles. The quantitative estimate of drug-likeness (QED) is 0.706. The average Bonchev–Trinajstić information content (AvgIpc) is 2.62. The van der Waals surface area contributed by atoms with Crippen LogP contribution in [0.2, 0.25) is 0 Å². The molecule has 13 heavy (non-hydrogen) atoms. The van der Waals surface area contributed by atoms with E-state index >= 15 is 0 Å². The van der Waals surface area contributed by atoms with Crippen molar-refractivity contribution >= 4 is 0 Å². The molecule has 1 aromatic heterocycles. The molecule has 1 aliphatic rings. The van der Waals surface area contributed by atoms with E-state index in [-0.39, 0.29) is 0 Å². The van der Waals surface area contributed by atoms with Gasteiger partial charge in [-0.1, -0.05) is 0 Å². The standard InChI is InChI=1S/C9H14N2O2/c1-11-6-8(5-10-11)4-9(12)2-3-13-7-9/h5-6,12H,2-4,7H2,1H3. The van der Waals surface area contributed by atoms with Gasteiger partial charge in [0.1, 0.15) is 0 Å². The second-order valence-electron chi connectivity index (χ2n) is 3.73. The predicted octanol–water partition coefficient (Wildman–Crippen LogP) is 0.114. The van der Waals surface area contributed by atoms with Crippen LogP contribution in [0.25, 0.3) is 0 Å². The van der Waals surface area contributed by atoms with Crippen LogP contribution < -0.4 is 0 Å². The Kier molecular flexibility index (Phi) is 2.09. The van der Waals surface area contributed by atoms with E-state index in [0.717, 1.165) is 12.0 Å². The van der Waals surface area contributed by atoms with Crippen LogP contribution in [0.5, 0.6) is 0 Å². The monoisotopic (exact) mass is 182 g/mol. The van der Waals surface area contributed by atoms with Gasteiger partial charge >= 0.3 is 0 Å². The molecular formula is C9H14N2O2. The Morgan fingerprint density at radius 2 is 2.62 bits per heavy atom. The largest absolute Gasteiger partial charge is 0.387 e. The second kappa shape index (κ2) is 3.12. The van der Waals surface area contributed by atoms with E-state index in [4.69, 9.17) is 4.74 Å². The molecule has 0 bridgehead atoms. The maximum absolute atomic E-state index is 9.99. The van der Waals surface area contributed by atoms with Gasteiger partial charge in [-0.2, -0.15) is 5.10 Å². The maximum atomic E-state index is 9.99. The highest BCUT2D eigenvalue weighted by atomic mass is 16.5. The molecule has 4 nitrogen and oxygen atoms in total. The van der Waals surface area contributed by atoms with Gasteiger partial charge in [-0.3, -0.25) is 4.68 Å². The third-order valence-electron chi connectivity index (χ3n) is 2.37. The van der Waals surface area contributed by atoms with E-state index in [9.17, 15) is 5.11 Å². The Balaban J connectivity index is 2.04. The summed E-state index contributed by atoms with van der Waals surface area (Å²) in [6.07, 6.45) is 5.08. The highest BCUT2D eigenvalue weighted by Crippen LogP contribution is 2.22. The number of rotatable bonds is 2. The fraction of sp³-hybridized carbons (Fsp3) is 0.667. The molecule has 1 fully saturated rings. The first kappa shape index (κ1) is 8.72. The molecule has 1 aliphatic heterocycles. The Labute approximate surface area is 77.1 Å². The molecule has 0 aromatic carbocycles. The molecule has 0 amide bonds. The Morgan fingerprint density at radius 1 is 1.77 bits per heavy atom. The lowest BCUT2D eigenvalue weighted by Gasteiger charge is -2.18. The van der Waals surface area contributed by atoms with Crippen molar-refractivity contribution < 1.29 is 9.84 Å². The normalized spacial score (nSPS) is 28.2. The summed E-state index contributed by atoms with van der Waals surface area (Å²) in [6.45, 7) is 1.11. The van der Waals surface area contributed by atoms with Crippen molar-refractivity contribution in [1.29, 1.82) is 0 Å². The summed E-state index contributed by atoms with van der Waals surface area (Å²) >= 11 is 0. The molecular weight excluding hydrogens is 168 g/mol. The van der Waals surface area contributed by atoms with E-state index in [0.29, 0.717) is 19.6 Å². The lowest BCUT2D eigenvalue weighted by molar-refractivity contribution is 0.0270. The smallest absolute Gasteiger partial charge is 0.0943 e. The molecule has 0 spiro atoms. The summed E-state index contributed by atoms with van der Waals surface area (Å²) in [4.78, 5) is 0. The molecule has 1 N–H and O–H groups in total. The van der Waals surface area contributed by atoms with Gasteiger partial charge in [0.25, 0.3) is 0 Å². The average molecular weight is 182 g/mol. The maximum Gasteiger partial charge on any atom is 0.0943 e. The molecule has 1 unspecified atom stereocenters. The summed E-state index contributed by atoms with van der Waals surface area (Å²) in [7, 11) is 1.87. The van der Waals surface area contributed by atoms with Crippen molar-refractivity contribution in [2.45, 2.75) is 18.4 Å². The molecule has 0 aliphatic carbocycles. The number of aryl methyl sites for hydroxylation is 1. The second-order valence-corrected chi connectivity index (χ2v) is 3.73. The van der Waals surface area contributed by atoms with Crippen molar-refractivity contribution in [3.8, 4) is 0 Å². The van der Waals surface area contributed by atoms with Crippen LogP contribution in [-0.4, -0.2) is 33.7 Å². The Hall–Kier alpha value is -0.870. The fourth-order valence-electron chi connectivity index (χ4n) is 1.68. The van der Waals surface area contributed by atoms with Crippen molar-refractivity contribution in [2.75, 3.05) is 13.2 Å². The number of aliphatic hydroxyl groups is 1. The highest BCUT2D eigenvalue weighted by Gasteiger charge is 2.32. The van der Waals surface area contributed by atoms with E-state index in [1.165, 1.54) is 0 Å². The van der Waals surface area contributed by atoms with Gasteiger partial charge in [-0.15, -0.1) is 0 Å². The molecule has 2 rings (SSSR count). The minimum absolute atomic E-state index is 0.446. The van der Waals surface area contributed by atoms with Crippen LogP contribution in [0, 0.1) is 0 Å². The Bertz CT molecular complexity index is 290. The van der Waals surface area contributed by atoms with Crippen LogP contribution >= 0.6 is 0 Å². The zero-order valence-electron chi connectivity index (χ0n) is 7.73. The van der Waals surface area contributed by atoms with E-state index < -0.39 is 5.60 Å². The van der Waals surface area contributed by atoms with Gasteiger partial charge in [0.05, 0.1) is 18.4 Å². The lowest BCUT2D eigenvalue weighted by atomic mass is 9.96. The van der Waals surface area contributed by atoms with Crippen molar-refractivity contribution in [2.24, 2.45) is 7.05 Å². The first-order valence-electron chi connectivity index (χ1n) is 4.46. The van der Waals surface area contributed by atoms with Crippen molar-refractivity contribution in [1.82, 2.24) is 9.78 Å². The Morgan fingerprint density at radius 3 is 3.15 bits per heavy atom. The number of hydrogen-bond acceptors (Lipinski definition) is 3. The van der Waals surface area contributed by atoms with E-state index in [1.807, 2.05) is 13.2 Å². The zero-order valence-corrected chi connectivity index (χ0v) is 7.73. The molecule has 1 atom stereocenters. The van der Waals surface area contributed by atoms with Gasteiger partial charge < -0.3 is 9.84 Å². The third kappa shape index (κ3) is 1.89. The first-order chi connectivity index (χ1) is 6.18. The highest BCUT2D eigenvalue weighted by molar-refractivity contribution is 5.09. The van der Waals surface area contributed by atoms with Crippen LogP contribution in [0.4, 0.5) is 0 Å². The van der Waals surface area contributed by atoms with E-state index in [2.05, 4.69) is 5.10 Å². The molecule has 1 saturated heterocycles. The number of hydrogen-bond donors (Lipinski definition) is 1. The predicted molar refractivity (Wildman–Crippen MR) is 47.3 cm³/mol. The molecule has 4 heteroatoms. The van der Waals surface area contributed by atoms with Crippen LogP contribution in [0.1, 0.15) is 12.0 Å². The molecule has 72 valence electrons. The first-order valence-corrected chi connectivity index (χ1v) is 4.46. The van der Waals surface area contributed by atoms with Crippen molar-refractivity contribution in [3.05, 3.63) is 18.0 Å². The lowest BCUT2D eigenvalue weighted by Crippen LogP contribution is -2.31.